The topological polar surface area (TPSA) is 95.9 Å². The van der Waals surface area contributed by atoms with Crippen molar-refractivity contribution in [2.75, 3.05) is 14.2 Å². The summed E-state index contributed by atoms with van der Waals surface area (Å²) in [4.78, 5) is 38.4. The van der Waals surface area contributed by atoms with E-state index >= 15 is 0 Å². The second-order valence-corrected chi connectivity index (χ2v) is 7.76. The molecular formula is C23H24N2O6. The Morgan fingerprint density at radius 3 is 2.10 bits per heavy atom. The van der Waals surface area contributed by atoms with E-state index in [1.54, 1.807) is 63.2 Å². The predicted molar refractivity (Wildman–Crippen MR) is 115 cm³/mol. The number of nitrogens with zero attached hydrogens (tertiary/aromatic N) is 1. The van der Waals surface area contributed by atoms with E-state index in [-0.39, 0.29) is 5.69 Å². The number of carbonyl (C=O) groups is 3. The molecule has 0 atom stereocenters. The third kappa shape index (κ3) is 4.69. The Balaban J connectivity index is 2.14. The van der Waals surface area contributed by atoms with Gasteiger partial charge in [-0.05, 0) is 45.0 Å². The lowest BCUT2D eigenvalue weighted by Gasteiger charge is -2.19. The second-order valence-electron chi connectivity index (χ2n) is 7.76. The highest BCUT2D eigenvalue weighted by molar-refractivity contribution is 6.12. The number of amides is 2. The fourth-order valence-electron chi connectivity index (χ4n) is 3.09. The van der Waals surface area contributed by atoms with Gasteiger partial charge in [0.1, 0.15) is 11.3 Å². The van der Waals surface area contributed by atoms with Crippen molar-refractivity contribution in [2.24, 2.45) is 0 Å². The van der Waals surface area contributed by atoms with Gasteiger partial charge in [0.05, 0.1) is 19.7 Å². The normalized spacial score (nSPS) is 11.1. The first kappa shape index (κ1) is 21.9. The monoisotopic (exact) mass is 424 g/mol. The molecule has 0 spiro atoms. The number of methoxy groups -OCH3 is 2. The van der Waals surface area contributed by atoms with Crippen LogP contribution in [-0.4, -0.2) is 42.3 Å². The molecule has 0 unspecified atom stereocenters. The lowest BCUT2D eigenvalue weighted by Crippen LogP contribution is -2.37. The number of rotatable bonds is 4. The van der Waals surface area contributed by atoms with E-state index in [1.165, 1.54) is 24.9 Å². The van der Waals surface area contributed by atoms with Crippen molar-refractivity contribution in [2.45, 2.75) is 26.4 Å². The Hall–Kier alpha value is -3.81. The van der Waals surface area contributed by atoms with E-state index in [2.05, 4.69) is 5.32 Å². The quantitative estimate of drug-likeness (QED) is 0.680. The summed E-state index contributed by atoms with van der Waals surface area (Å²) in [5.41, 5.74) is 0.00413. The summed E-state index contributed by atoms with van der Waals surface area (Å²) in [6.07, 6.45) is -0.906. The number of imide groups is 1. The maximum absolute atomic E-state index is 13.3. The minimum absolute atomic E-state index is 0.0231. The number of alkyl carbamates (subject to hydrolysis) is 1. The van der Waals surface area contributed by atoms with Crippen molar-refractivity contribution in [1.82, 2.24) is 9.88 Å². The molecule has 162 valence electrons. The van der Waals surface area contributed by atoms with Crippen LogP contribution in [0, 0.1) is 0 Å². The molecule has 1 aromatic heterocycles. The molecule has 1 N–H and O–H groups in total. The molecule has 0 aliphatic carbocycles. The highest BCUT2D eigenvalue weighted by atomic mass is 16.6. The largest absolute Gasteiger partial charge is 0.493 e. The molecule has 8 heteroatoms. The van der Waals surface area contributed by atoms with Crippen LogP contribution in [0.5, 0.6) is 11.5 Å². The summed E-state index contributed by atoms with van der Waals surface area (Å²) in [5.74, 6) is -0.363. The number of nitrogens with one attached hydrogen (secondary N) is 1. The van der Waals surface area contributed by atoms with Gasteiger partial charge in [0.15, 0.2) is 11.5 Å². The van der Waals surface area contributed by atoms with E-state index in [1.807, 2.05) is 0 Å². The van der Waals surface area contributed by atoms with Crippen molar-refractivity contribution < 1.29 is 28.6 Å². The van der Waals surface area contributed by atoms with Crippen LogP contribution in [-0.2, 0) is 4.74 Å². The Bertz CT molecular complexity index is 1140. The average Bonchev–Trinajstić information content (AvgIpc) is 3.09. The van der Waals surface area contributed by atoms with Gasteiger partial charge in [-0.15, -0.1) is 0 Å². The van der Waals surface area contributed by atoms with Crippen LogP contribution < -0.4 is 14.8 Å². The number of carbonyl (C=O) groups excluding carboxylic acids is 3. The molecular weight excluding hydrogens is 400 g/mol. The molecule has 0 saturated heterocycles. The predicted octanol–water partition coefficient (Wildman–Crippen LogP) is 4.01. The third-order valence-electron chi connectivity index (χ3n) is 4.38. The van der Waals surface area contributed by atoms with Crippen molar-refractivity contribution in [3.63, 3.8) is 0 Å². The summed E-state index contributed by atoms with van der Waals surface area (Å²) < 4.78 is 17.1. The van der Waals surface area contributed by atoms with Gasteiger partial charge in [0, 0.05) is 17.0 Å². The summed E-state index contributed by atoms with van der Waals surface area (Å²) in [5, 5.41) is 2.75. The van der Waals surface area contributed by atoms with Gasteiger partial charge in [0.25, 0.3) is 11.8 Å². The second kappa shape index (κ2) is 8.51. The zero-order chi connectivity index (χ0) is 22.8. The molecule has 0 bridgehead atoms. The molecule has 0 aliphatic heterocycles. The first-order chi connectivity index (χ1) is 14.6. The smallest absolute Gasteiger partial charge is 0.414 e. The van der Waals surface area contributed by atoms with Gasteiger partial charge in [0.2, 0.25) is 0 Å². The Labute approximate surface area is 179 Å². The van der Waals surface area contributed by atoms with E-state index in [9.17, 15) is 14.4 Å². The molecule has 2 aromatic carbocycles. The van der Waals surface area contributed by atoms with E-state index in [4.69, 9.17) is 14.2 Å². The minimum atomic E-state index is -0.906. The van der Waals surface area contributed by atoms with Crippen LogP contribution in [0.15, 0.2) is 48.5 Å². The zero-order valence-electron chi connectivity index (χ0n) is 18.0. The molecule has 8 nitrogen and oxygen atoms in total. The molecule has 0 saturated carbocycles. The standard InChI is InChI=1S/C23H24N2O6/c1-23(2,3)31-22(28)24-20(26)17-11-15-12-18(29-4)19(30-5)13-16(15)25(17)21(27)14-9-7-6-8-10-14/h6-13H,1-5H3,(H,24,26,28). The van der Waals surface area contributed by atoms with Gasteiger partial charge in [-0.1, -0.05) is 18.2 Å². The summed E-state index contributed by atoms with van der Waals surface area (Å²) in [6, 6.07) is 13.3. The first-order valence-electron chi connectivity index (χ1n) is 9.56. The number of benzene rings is 2. The number of ether oxygens (including phenoxy) is 3. The van der Waals surface area contributed by atoms with Crippen LogP contribution in [0.1, 0.15) is 41.6 Å². The van der Waals surface area contributed by atoms with Crippen molar-refractivity contribution >= 4 is 28.8 Å². The molecule has 0 radical (unpaired) electrons. The lowest BCUT2D eigenvalue weighted by molar-refractivity contribution is 0.0505. The van der Waals surface area contributed by atoms with Gasteiger partial charge >= 0.3 is 6.09 Å². The summed E-state index contributed by atoms with van der Waals surface area (Å²) >= 11 is 0. The van der Waals surface area contributed by atoms with Crippen molar-refractivity contribution in [3.05, 3.63) is 59.8 Å². The van der Waals surface area contributed by atoms with Crippen molar-refractivity contribution in [1.29, 1.82) is 0 Å². The number of hydrogen-bond donors (Lipinski definition) is 1. The minimum Gasteiger partial charge on any atom is -0.493 e. The Morgan fingerprint density at radius 2 is 1.52 bits per heavy atom. The maximum atomic E-state index is 13.3. The third-order valence-corrected chi connectivity index (χ3v) is 4.38. The highest BCUT2D eigenvalue weighted by Gasteiger charge is 2.26. The highest BCUT2D eigenvalue weighted by Crippen LogP contribution is 2.34. The number of aromatic nitrogens is 1. The summed E-state index contributed by atoms with van der Waals surface area (Å²) in [7, 11) is 2.97. The van der Waals surface area contributed by atoms with Crippen LogP contribution in [0.25, 0.3) is 10.9 Å². The molecule has 2 amide bonds. The molecule has 3 rings (SSSR count). The Kier molecular flexibility index (Phi) is 6.01. The summed E-state index contributed by atoms with van der Waals surface area (Å²) in [6.45, 7) is 5.06. The number of fused-ring (bicyclic) bond motifs is 1. The van der Waals surface area contributed by atoms with Crippen LogP contribution >= 0.6 is 0 Å². The lowest BCUT2D eigenvalue weighted by atomic mass is 10.2. The van der Waals surface area contributed by atoms with E-state index in [0.29, 0.717) is 28.0 Å². The molecule has 31 heavy (non-hydrogen) atoms. The fourth-order valence-corrected chi connectivity index (χ4v) is 3.09. The zero-order valence-corrected chi connectivity index (χ0v) is 18.0. The number of hydrogen-bond acceptors (Lipinski definition) is 6. The molecule has 0 fully saturated rings. The maximum Gasteiger partial charge on any atom is 0.414 e. The fraction of sp³-hybridized carbons (Fsp3) is 0.261. The molecule has 0 aliphatic rings. The van der Waals surface area contributed by atoms with Gasteiger partial charge in [-0.2, -0.15) is 0 Å². The molecule has 3 aromatic rings. The van der Waals surface area contributed by atoms with Gasteiger partial charge in [-0.25, -0.2) is 4.79 Å². The molecule has 1 heterocycles. The first-order valence-corrected chi connectivity index (χ1v) is 9.56. The van der Waals surface area contributed by atoms with Crippen LogP contribution in [0.3, 0.4) is 0 Å². The van der Waals surface area contributed by atoms with Gasteiger partial charge < -0.3 is 14.2 Å². The SMILES string of the molecule is COc1cc2cc(C(=O)NC(=O)OC(C)(C)C)n(C(=O)c3ccccc3)c2cc1OC. The van der Waals surface area contributed by atoms with Crippen molar-refractivity contribution in [3.8, 4) is 11.5 Å². The average molecular weight is 424 g/mol. The van der Waals surface area contributed by atoms with Crippen LogP contribution in [0.4, 0.5) is 4.79 Å². The van der Waals surface area contributed by atoms with Gasteiger partial charge in [-0.3, -0.25) is 19.5 Å². The van der Waals surface area contributed by atoms with E-state index in [0.717, 1.165) is 0 Å². The van der Waals surface area contributed by atoms with E-state index < -0.39 is 23.5 Å². The Morgan fingerprint density at radius 1 is 0.903 bits per heavy atom. The van der Waals surface area contributed by atoms with Crippen LogP contribution in [0.2, 0.25) is 0 Å².